The second-order valence-corrected chi connectivity index (χ2v) is 21.1. The fraction of sp³-hybridized carbons (Fsp3) is 0.948. The molecule has 1 amide bonds. The summed E-state index contributed by atoms with van der Waals surface area (Å²) in [6, 6.07) is -1.17. The van der Waals surface area contributed by atoms with E-state index in [4.69, 9.17) is 9.47 Å². The van der Waals surface area contributed by atoms with Crippen molar-refractivity contribution in [3.63, 3.8) is 0 Å². The van der Waals surface area contributed by atoms with Crippen LogP contribution in [0.25, 0.3) is 0 Å². The van der Waals surface area contributed by atoms with E-state index >= 15 is 0 Å². The van der Waals surface area contributed by atoms with E-state index in [1.807, 2.05) is 0 Å². The average molecular weight is 985 g/mol. The van der Waals surface area contributed by atoms with Gasteiger partial charge in [0.05, 0.1) is 25.4 Å². The highest BCUT2D eigenvalue weighted by Gasteiger charge is 2.44. The minimum atomic E-state index is -1.66. The summed E-state index contributed by atoms with van der Waals surface area (Å²) >= 11 is 0. The zero-order valence-corrected chi connectivity index (χ0v) is 44.8. The first kappa shape index (κ1) is 65.9. The lowest BCUT2D eigenvalue weighted by atomic mass is 9.98. The maximum atomic E-state index is 13.1. The van der Waals surface area contributed by atoms with Crippen LogP contribution in [-0.2, 0) is 14.3 Å². The zero-order valence-electron chi connectivity index (χ0n) is 44.8. The normalized spacial score (nSPS) is 20.4. The molecule has 0 aliphatic carbocycles. The van der Waals surface area contributed by atoms with Crippen LogP contribution >= 0.6 is 0 Å². The van der Waals surface area contributed by atoms with Gasteiger partial charge in [-0.1, -0.05) is 264 Å². The molecule has 11 heteroatoms. The molecule has 9 atom stereocenters. The Balaban J connectivity index is 2.16. The molecule has 410 valence electrons. The van der Waals surface area contributed by atoms with Crippen LogP contribution in [0.1, 0.15) is 284 Å². The summed E-state index contributed by atoms with van der Waals surface area (Å²) in [5.41, 5.74) is 0. The Morgan fingerprint density at radius 3 is 1.26 bits per heavy atom. The number of amides is 1. The molecule has 1 rings (SSSR count). The number of carbonyl (C=O) groups is 1. The van der Waals surface area contributed by atoms with Crippen molar-refractivity contribution in [3.8, 4) is 0 Å². The standard InChI is InChI=1S/C58H113NO10/c1-3-5-7-9-11-13-15-16-17-18-19-20-21-22-23-24-25-26-27-28-29-30-31-32-33-34-35-36-38-39-41-43-45-50(61)53(63)49(48-68-58-56(66)55(65)54(64)52(47-60)69-58)59-57(67)51(62)46-44-42-40-37-14-12-10-8-6-4-2/h10,12,49-56,58,60-66H,3-9,11,13-48H2,1-2H3,(H,59,67)/b12-10-. The molecular formula is C58H113NO10. The van der Waals surface area contributed by atoms with Gasteiger partial charge in [-0.3, -0.25) is 4.79 Å². The van der Waals surface area contributed by atoms with E-state index in [2.05, 4.69) is 31.3 Å². The number of carbonyl (C=O) groups excluding carboxylic acids is 1. The number of allylic oxidation sites excluding steroid dienone is 2. The molecule has 1 heterocycles. The van der Waals surface area contributed by atoms with Gasteiger partial charge < -0.3 is 50.5 Å². The number of ether oxygens (including phenoxy) is 2. The van der Waals surface area contributed by atoms with Crippen LogP contribution in [0.2, 0.25) is 0 Å². The van der Waals surface area contributed by atoms with Crippen LogP contribution in [-0.4, -0.2) is 110 Å². The van der Waals surface area contributed by atoms with Gasteiger partial charge in [-0.05, 0) is 32.1 Å². The number of unbranched alkanes of at least 4 members (excludes halogenated alkanes) is 37. The largest absolute Gasteiger partial charge is 0.394 e. The van der Waals surface area contributed by atoms with Crippen molar-refractivity contribution in [1.29, 1.82) is 0 Å². The molecule has 0 aromatic carbocycles. The van der Waals surface area contributed by atoms with Crippen molar-refractivity contribution >= 4 is 5.91 Å². The molecule has 1 fully saturated rings. The highest BCUT2D eigenvalue weighted by Crippen LogP contribution is 2.24. The lowest BCUT2D eigenvalue weighted by molar-refractivity contribution is -0.303. The molecule has 1 saturated heterocycles. The van der Waals surface area contributed by atoms with E-state index in [-0.39, 0.29) is 6.42 Å². The summed E-state index contributed by atoms with van der Waals surface area (Å²) in [5, 5.41) is 75.9. The topological polar surface area (TPSA) is 189 Å². The molecule has 1 aliphatic rings. The number of aliphatic hydroxyl groups excluding tert-OH is 7. The Morgan fingerprint density at radius 2 is 0.855 bits per heavy atom. The van der Waals surface area contributed by atoms with Gasteiger partial charge >= 0.3 is 0 Å². The monoisotopic (exact) mass is 984 g/mol. The Labute approximate surface area is 423 Å². The number of hydrogen-bond donors (Lipinski definition) is 8. The number of rotatable bonds is 51. The van der Waals surface area contributed by atoms with Crippen molar-refractivity contribution in [3.05, 3.63) is 12.2 Å². The minimum absolute atomic E-state index is 0.247. The molecule has 9 unspecified atom stereocenters. The molecule has 0 aromatic heterocycles. The second kappa shape index (κ2) is 47.8. The fourth-order valence-corrected chi connectivity index (χ4v) is 9.72. The smallest absolute Gasteiger partial charge is 0.249 e. The minimum Gasteiger partial charge on any atom is -0.394 e. The summed E-state index contributed by atoms with van der Waals surface area (Å²) in [6.45, 7) is 3.42. The van der Waals surface area contributed by atoms with Crippen molar-refractivity contribution in [2.45, 2.75) is 339 Å². The summed E-state index contributed by atoms with van der Waals surface area (Å²) in [7, 11) is 0. The van der Waals surface area contributed by atoms with Crippen molar-refractivity contribution in [2.75, 3.05) is 13.2 Å². The van der Waals surface area contributed by atoms with E-state index in [1.54, 1.807) is 0 Å². The van der Waals surface area contributed by atoms with Gasteiger partial charge in [-0.2, -0.15) is 0 Å². The van der Waals surface area contributed by atoms with Gasteiger partial charge in [-0.25, -0.2) is 0 Å². The first-order chi connectivity index (χ1) is 33.7. The number of nitrogens with one attached hydrogen (secondary N) is 1. The Hall–Kier alpha value is -1.15. The molecule has 0 bridgehead atoms. The SMILES string of the molecule is CCCC/C=C\CCCCCCC(O)C(=O)NC(COC1OC(CO)C(O)C(O)C1O)C(O)C(O)CCCCCCCCCCCCCCCCCCCCCCCCCCCCCCCCCC. The Bertz CT molecular complexity index is 1130. The molecule has 0 spiro atoms. The van der Waals surface area contributed by atoms with Crippen molar-refractivity contribution in [1.82, 2.24) is 5.32 Å². The summed E-state index contributed by atoms with van der Waals surface area (Å²) in [5.74, 6) is -0.705. The van der Waals surface area contributed by atoms with E-state index < -0.39 is 74.2 Å². The molecule has 8 N–H and O–H groups in total. The number of hydrogen-bond acceptors (Lipinski definition) is 10. The second-order valence-electron chi connectivity index (χ2n) is 21.1. The molecule has 0 radical (unpaired) electrons. The third kappa shape index (κ3) is 36.4. The van der Waals surface area contributed by atoms with Gasteiger partial charge in [0.1, 0.15) is 36.6 Å². The third-order valence-electron chi connectivity index (χ3n) is 14.6. The van der Waals surface area contributed by atoms with E-state index in [9.17, 15) is 40.5 Å². The lowest BCUT2D eigenvalue weighted by Gasteiger charge is -2.40. The molecule has 11 nitrogen and oxygen atoms in total. The quantitative estimate of drug-likeness (QED) is 0.0215. The van der Waals surface area contributed by atoms with Gasteiger partial charge in [-0.15, -0.1) is 0 Å². The Morgan fingerprint density at radius 1 is 0.493 bits per heavy atom. The summed E-state index contributed by atoms with van der Waals surface area (Å²) in [6.07, 6.45) is 44.5. The van der Waals surface area contributed by atoms with Crippen LogP contribution in [0.4, 0.5) is 0 Å². The number of aliphatic hydroxyl groups is 7. The van der Waals surface area contributed by atoms with Crippen LogP contribution in [0.15, 0.2) is 12.2 Å². The van der Waals surface area contributed by atoms with E-state index in [0.29, 0.717) is 19.3 Å². The van der Waals surface area contributed by atoms with Gasteiger partial charge in [0.15, 0.2) is 6.29 Å². The molecular weight excluding hydrogens is 871 g/mol. The van der Waals surface area contributed by atoms with Crippen LogP contribution in [0.3, 0.4) is 0 Å². The fourth-order valence-electron chi connectivity index (χ4n) is 9.72. The molecule has 1 aliphatic heterocycles. The predicted molar refractivity (Wildman–Crippen MR) is 284 cm³/mol. The molecule has 69 heavy (non-hydrogen) atoms. The summed E-state index contributed by atoms with van der Waals surface area (Å²) in [4.78, 5) is 13.1. The van der Waals surface area contributed by atoms with Gasteiger partial charge in [0.25, 0.3) is 0 Å². The van der Waals surface area contributed by atoms with Crippen LogP contribution in [0, 0.1) is 0 Å². The highest BCUT2D eigenvalue weighted by atomic mass is 16.7. The van der Waals surface area contributed by atoms with Crippen molar-refractivity contribution in [2.24, 2.45) is 0 Å². The highest BCUT2D eigenvalue weighted by molar-refractivity contribution is 5.80. The van der Waals surface area contributed by atoms with Crippen LogP contribution < -0.4 is 5.32 Å². The first-order valence-corrected chi connectivity index (χ1v) is 29.6. The average Bonchev–Trinajstić information content (AvgIpc) is 3.35. The third-order valence-corrected chi connectivity index (χ3v) is 14.6. The molecule has 0 saturated carbocycles. The lowest BCUT2D eigenvalue weighted by Crippen LogP contribution is -2.60. The Kier molecular flexibility index (Phi) is 45.7. The van der Waals surface area contributed by atoms with E-state index in [0.717, 1.165) is 51.4 Å². The molecule has 0 aromatic rings. The predicted octanol–water partition coefficient (Wildman–Crippen LogP) is 12.4. The zero-order chi connectivity index (χ0) is 50.4. The van der Waals surface area contributed by atoms with Crippen molar-refractivity contribution < 1.29 is 50.0 Å². The maximum Gasteiger partial charge on any atom is 0.249 e. The maximum absolute atomic E-state index is 13.1. The first-order valence-electron chi connectivity index (χ1n) is 29.6. The van der Waals surface area contributed by atoms with Gasteiger partial charge in [0.2, 0.25) is 5.91 Å². The van der Waals surface area contributed by atoms with Gasteiger partial charge in [0, 0.05) is 0 Å². The summed E-state index contributed by atoms with van der Waals surface area (Å²) < 4.78 is 11.1. The van der Waals surface area contributed by atoms with Crippen LogP contribution in [0.5, 0.6) is 0 Å². The van der Waals surface area contributed by atoms with E-state index in [1.165, 1.54) is 193 Å².